The minimum absolute atomic E-state index is 0.0103. The van der Waals surface area contributed by atoms with Crippen molar-refractivity contribution in [1.29, 1.82) is 0 Å². The van der Waals surface area contributed by atoms with Crippen molar-refractivity contribution in [2.45, 2.75) is 19.8 Å². The van der Waals surface area contributed by atoms with Crippen LogP contribution in [0.2, 0.25) is 0 Å². The lowest BCUT2D eigenvalue weighted by atomic mass is 10.3. The van der Waals surface area contributed by atoms with Gasteiger partial charge in [0.15, 0.2) is 6.33 Å². The summed E-state index contributed by atoms with van der Waals surface area (Å²) in [7, 11) is 0. The molecule has 0 unspecified atom stereocenters. The molecule has 0 aliphatic rings. The van der Waals surface area contributed by atoms with Crippen LogP contribution in [-0.4, -0.2) is 33.1 Å². The molecule has 0 atom stereocenters. The summed E-state index contributed by atoms with van der Waals surface area (Å²) < 4.78 is 4.87. The normalized spacial score (nSPS) is 10.3. The molecule has 0 aromatic carbocycles. The van der Waals surface area contributed by atoms with Gasteiger partial charge in [0.05, 0.1) is 17.1 Å². The van der Waals surface area contributed by atoms with Crippen LogP contribution in [0.5, 0.6) is 0 Å². The summed E-state index contributed by atoms with van der Waals surface area (Å²) in [6.07, 6.45) is 2.75. The van der Waals surface area contributed by atoms with E-state index in [0.717, 1.165) is 6.42 Å². The van der Waals surface area contributed by atoms with Gasteiger partial charge in [0.2, 0.25) is 5.89 Å². The van der Waals surface area contributed by atoms with Crippen LogP contribution in [0.25, 0.3) is 0 Å². The van der Waals surface area contributed by atoms with Gasteiger partial charge in [0, 0.05) is 19.5 Å². The maximum atomic E-state index is 10.9. The first-order valence-corrected chi connectivity index (χ1v) is 6.59. The van der Waals surface area contributed by atoms with Crippen molar-refractivity contribution in [1.82, 2.24) is 15.1 Å². The molecule has 2 aromatic heterocycles. The number of anilines is 2. The highest BCUT2D eigenvalue weighted by molar-refractivity contribution is 5.54. The molecule has 21 heavy (non-hydrogen) atoms. The summed E-state index contributed by atoms with van der Waals surface area (Å²) >= 11 is 0. The smallest absolute Gasteiger partial charge is 0.276 e. The Balaban J connectivity index is 2.02. The second-order valence-corrected chi connectivity index (χ2v) is 4.29. The lowest BCUT2D eigenvalue weighted by molar-refractivity contribution is -0.384. The number of hydrogen-bond acceptors (Lipinski definition) is 8. The van der Waals surface area contributed by atoms with E-state index in [0.29, 0.717) is 37.0 Å². The summed E-state index contributed by atoms with van der Waals surface area (Å²) in [5.41, 5.74) is -0.0103. The van der Waals surface area contributed by atoms with E-state index in [-0.39, 0.29) is 5.69 Å². The minimum atomic E-state index is -0.442. The summed E-state index contributed by atoms with van der Waals surface area (Å²) in [5, 5.41) is 20.5. The highest BCUT2D eigenvalue weighted by atomic mass is 16.6. The van der Waals surface area contributed by atoms with E-state index in [1.54, 1.807) is 0 Å². The Bertz CT molecular complexity index is 587. The standard InChI is InChI=1S/C12H16N6O3/c1-2-4-13-10-6-9(18(19)20)7-11(17-10)14-5-3-12-15-8-16-21-12/h6-8H,2-5H2,1H3,(H2,13,14,17). The molecule has 0 saturated carbocycles. The zero-order chi connectivity index (χ0) is 15.1. The van der Waals surface area contributed by atoms with E-state index in [1.165, 1.54) is 18.5 Å². The van der Waals surface area contributed by atoms with Crippen LogP contribution in [0.15, 0.2) is 23.0 Å². The Morgan fingerprint density at radius 1 is 1.29 bits per heavy atom. The van der Waals surface area contributed by atoms with E-state index in [2.05, 4.69) is 25.8 Å². The number of pyridine rings is 1. The molecule has 9 nitrogen and oxygen atoms in total. The lowest BCUT2D eigenvalue weighted by Gasteiger charge is -2.08. The lowest BCUT2D eigenvalue weighted by Crippen LogP contribution is -2.09. The van der Waals surface area contributed by atoms with Gasteiger partial charge >= 0.3 is 0 Å². The quantitative estimate of drug-likeness (QED) is 0.558. The fraction of sp³-hybridized carbons (Fsp3) is 0.417. The van der Waals surface area contributed by atoms with Crippen LogP contribution in [0.3, 0.4) is 0 Å². The zero-order valence-electron chi connectivity index (χ0n) is 11.6. The van der Waals surface area contributed by atoms with Gasteiger partial charge in [-0.3, -0.25) is 10.1 Å². The zero-order valence-corrected chi connectivity index (χ0v) is 11.6. The van der Waals surface area contributed by atoms with E-state index in [1.807, 2.05) is 6.92 Å². The Morgan fingerprint density at radius 2 is 2.00 bits per heavy atom. The van der Waals surface area contributed by atoms with Gasteiger partial charge in [0.1, 0.15) is 11.6 Å². The van der Waals surface area contributed by atoms with E-state index in [4.69, 9.17) is 4.52 Å². The SMILES string of the molecule is CCCNc1cc([N+](=O)[O-])cc(NCCc2ncno2)n1. The van der Waals surface area contributed by atoms with Crippen molar-refractivity contribution in [3.05, 3.63) is 34.5 Å². The molecular formula is C12H16N6O3. The van der Waals surface area contributed by atoms with Crippen molar-refractivity contribution in [2.75, 3.05) is 23.7 Å². The van der Waals surface area contributed by atoms with E-state index < -0.39 is 4.92 Å². The summed E-state index contributed by atoms with van der Waals surface area (Å²) in [4.78, 5) is 18.7. The number of nitro groups is 1. The minimum Gasteiger partial charge on any atom is -0.370 e. The summed E-state index contributed by atoms with van der Waals surface area (Å²) in [5.74, 6) is 1.41. The van der Waals surface area contributed by atoms with Crippen molar-refractivity contribution in [3.63, 3.8) is 0 Å². The van der Waals surface area contributed by atoms with Crippen LogP contribution in [-0.2, 0) is 6.42 Å². The molecule has 0 radical (unpaired) electrons. The molecule has 0 bridgehead atoms. The number of nitrogens with one attached hydrogen (secondary N) is 2. The van der Waals surface area contributed by atoms with Crippen LogP contribution >= 0.6 is 0 Å². The van der Waals surface area contributed by atoms with Gasteiger partial charge in [-0.2, -0.15) is 4.98 Å². The highest BCUT2D eigenvalue weighted by Crippen LogP contribution is 2.20. The van der Waals surface area contributed by atoms with Crippen molar-refractivity contribution >= 4 is 17.3 Å². The monoisotopic (exact) mass is 292 g/mol. The first-order chi connectivity index (χ1) is 10.2. The van der Waals surface area contributed by atoms with Gasteiger partial charge in [-0.25, -0.2) is 4.98 Å². The van der Waals surface area contributed by atoms with Crippen LogP contribution < -0.4 is 10.6 Å². The molecule has 2 N–H and O–H groups in total. The van der Waals surface area contributed by atoms with Gasteiger partial charge in [-0.15, -0.1) is 0 Å². The third kappa shape index (κ3) is 4.41. The Morgan fingerprint density at radius 3 is 2.57 bits per heavy atom. The van der Waals surface area contributed by atoms with Gasteiger partial charge in [-0.05, 0) is 6.42 Å². The molecular weight excluding hydrogens is 276 g/mol. The fourth-order valence-corrected chi connectivity index (χ4v) is 1.66. The number of hydrogen-bond donors (Lipinski definition) is 2. The molecule has 0 aliphatic heterocycles. The molecule has 2 aromatic rings. The third-order valence-electron chi connectivity index (χ3n) is 2.63. The molecule has 112 valence electrons. The van der Waals surface area contributed by atoms with Gasteiger partial charge < -0.3 is 15.2 Å². The Labute approximate surface area is 120 Å². The summed E-state index contributed by atoms with van der Waals surface area (Å²) in [6.45, 7) is 3.20. The number of nitrogens with zero attached hydrogens (tertiary/aromatic N) is 4. The molecule has 0 spiro atoms. The van der Waals surface area contributed by atoms with Gasteiger partial charge in [0.25, 0.3) is 5.69 Å². The molecule has 2 rings (SSSR count). The molecule has 0 saturated heterocycles. The molecule has 2 heterocycles. The number of aromatic nitrogens is 3. The predicted molar refractivity (Wildman–Crippen MR) is 76.2 cm³/mol. The fourth-order valence-electron chi connectivity index (χ4n) is 1.66. The average molecular weight is 292 g/mol. The average Bonchev–Trinajstić information content (AvgIpc) is 2.98. The van der Waals surface area contributed by atoms with Gasteiger partial charge in [-0.1, -0.05) is 12.1 Å². The Kier molecular flexibility index (Phi) is 5.02. The van der Waals surface area contributed by atoms with Crippen LogP contribution in [0, 0.1) is 10.1 Å². The van der Waals surface area contributed by atoms with Crippen molar-refractivity contribution < 1.29 is 9.45 Å². The highest BCUT2D eigenvalue weighted by Gasteiger charge is 2.11. The molecule has 0 fully saturated rings. The Hall–Kier alpha value is -2.71. The number of rotatable bonds is 8. The van der Waals surface area contributed by atoms with E-state index in [9.17, 15) is 10.1 Å². The summed E-state index contributed by atoms with van der Waals surface area (Å²) in [6, 6.07) is 2.81. The molecule has 0 amide bonds. The largest absolute Gasteiger partial charge is 0.370 e. The maximum Gasteiger partial charge on any atom is 0.276 e. The topological polar surface area (TPSA) is 119 Å². The maximum absolute atomic E-state index is 10.9. The van der Waals surface area contributed by atoms with Crippen molar-refractivity contribution in [3.8, 4) is 0 Å². The van der Waals surface area contributed by atoms with Crippen LogP contribution in [0.1, 0.15) is 19.2 Å². The van der Waals surface area contributed by atoms with Crippen LogP contribution in [0.4, 0.5) is 17.3 Å². The second kappa shape index (κ2) is 7.17. The predicted octanol–water partition coefficient (Wildman–Crippen LogP) is 1.85. The third-order valence-corrected chi connectivity index (χ3v) is 2.63. The molecule has 0 aliphatic carbocycles. The van der Waals surface area contributed by atoms with Crippen molar-refractivity contribution in [2.24, 2.45) is 0 Å². The second-order valence-electron chi connectivity index (χ2n) is 4.29. The molecule has 9 heteroatoms. The van der Waals surface area contributed by atoms with E-state index >= 15 is 0 Å². The first kappa shape index (κ1) is 14.7. The first-order valence-electron chi connectivity index (χ1n) is 6.59.